The fourth-order valence-electron chi connectivity index (χ4n) is 2.45. The van der Waals surface area contributed by atoms with E-state index >= 15 is 0 Å². The van der Waals surface area contributed by atoms with Crippen molar-refractivity contribution in [3.05, 3.63) is 70.8 Å². The highest BCUT2D eigenvalue weighted by molar-refractivity contribution is 5.27. The number of benzene rings is 2. The molecule has 0 aliphatic carbocycles. The van der Waals surface area contributed by atoms with Gasteiger partial charge in [0.1, 0.15) is 11.6 Å². The Morgan fingerprint density at radius 1 is 1.10 bits per heavy atom. The number of nitrogens with zero attached hydrogens (tertiary/aromatic N) is 1. The molecule has 0 radical (unpaired) electrons. The summed E-state index contributed by atoms with van der Waals surface area (Å²) in [7, 11) is 1.89. The van der Waals surface area contributed by atoms with Gasteiger partial charge in [0.2, 0.25) is 0 Å². The van der Waals surface area contributed by atoms with Gasteiger partial charge in [0, 0.05) is 24.7 Å². The van der Waals surface area contributed by atoms with E-state index in [2.05, 4.69) is 0 Å². The van der Waals surface area contributed by atoms with Crippen molar-refractivity contribution in [2.45, 2.75) is 19.5 Å². The molecule has 1 unspecified atom stereocenters. The normalized spacial score (nSPS) is 12.7. The summed E-state index contributed by atoms with van der Waals surface area (Å²) in [5, 5.41) is 0. The second kappa shape index (κ2) is 6.78. The zero-order valence-corrected chi connectivity index (χ0v) is 12.3. The molecule has 0 saturated carbocycles. The van der Waals surface area contributed by atoms with Gasteiger partial charge < -0.3 is 5.73 Å². The molecule has 0 spiro atoms. The minimum atomic E-state index is -0.262. The largest absolute Gasteiger partial charge is 0.329 e. The molecule has 0 saturated heterocycles. The van der Waals surface area contributed by atoms with Crippen LogP contribution in [0.25, 0.3) is 0 Å². The van der Waals surface area contributed by atoms with Crippen molar-refractivity contribution in [2.75, 3.05) is 13.6 Å². The second-order valence-electron chi connectivity index (χ2n) is 5.32. The quantitative estimate of drug-likeness (QED) is 0.914. The van der Waals surface area contributed by atoms with Crippen molar-refractivity contribution in [2.24, 2.45) is 5.73 Å². The molecule has 2 N–H and O–H groups in total. The van der Waals surface area contributed by atoms with Gasteiger partial charge in [-0.3, -0.25) is 4.90 Å². The Morgan fingerprint density at radius 2 is 1.76 bits per heavy atom. The molecule has 2 aromatic carbocycles. The lowest BCUT2D eigenvalue weighted by atomic mass is 10.0. The van der Waals surface area contributed by atoms with E-state index in [1.165, 1.54) is 18.2 Å². The smallest absolute Gasteiger partial charge is 0.128 e. The standard InChI is InChI=1S/C17H20F2N2/c1-12-3-8-16(19)15(9-12)17(10-20)21(2)11-13-4-6-14(18)7-5-13/h3-9,17H,10-11,20H2,1-2H3. The van der Waals surface area contributed by atoms with Gasteiger partial charge in [0.05, 0.1) is 0 Å². The van der Waals surface area contributed by atoms with Crippen LogP contribution in [-0.2, 0) is 6.54 Å². The summed E-state index contributed by atoms with van der Waals surface area (Å²) in [5.41, 5.74) is 8.40. The van der Waals surface area contributed by atoms with Crippen LogP contribution in [-0.4, -0.2) is 18.5 Å². The lowest BCUT2D eigenvalue weighted by Crippen LogP contribution is -2.31. The van der Waals surface area contributed by atoms with E-state index in [9.17, 15) is 8.78 Å². The lowest BCUT2D eigenvalue weighted by Gasteiger charge is -2.28. The number of nitrogens with two attached hydrogens (primary N) is 1. The molecule has 21 heavy (non-hydrogen) atoms. The average Bonchev–Trinajstić information content (AvgIpc) is 2.46. The van der Waals surface area contributed by atoms with Crippen LogP contribution >= 0.6 is 0 Å². The van der Waals surface area contributed by atoms with E-state index in [-0.39, 0.29) is 17.7 Å². The monoisotopic (exact) mass is 290 g/mol. The van der Waals surface area contributed by atoms with Gasteiger partial charge in [0.15, 0.2) is 0 Å². The zero-order valence-electron chi connectivity index (χ0n) is 12.3. The highest BCUT2D eigenvalue weighted by Gasteiger charge is 2.19. The van der Waals surface area contributed by atoms with Crippen LogP contribution in [0.5, 0.6) is 0 Å². The first kappa shape index (κ1) is 15.6. The van der Waals surface area contributed by atoms with E-state index in [4.69, 9.17) is 5.73 Å². The molecule has 0 heterocycles. The molecule has 2 rings (SSSR count). The Hall–Kier alpha value is -1.78. The van der Waals surface area contributed by atoms with Gasteiger partial charge in [-0.25, -0.2) is 8.78 Å². The first-order valence-corrected chi connectivity index (χ1v) is 6.92. The van der Waals surface area contributed by atoms with Gasteiger partial charge in [-0.05, 0) is 37.7 Å². The topological polar surface area (TPSA) is 29.3 Å². The predicted molar refractivity (Wildman–Crippen MR) is 80.8 cm³/mol. The summed E-state index contributed by atoms with van der Waals surface area (Å²) in [6, 6.07) is 11.1. The second-order valence-corrected chi connectivity index (χ2v) is 5.32. The van der Waals surface area contributed by atoms with E-state index in [0.717, 1.165) is 11.1 Å². The van der Waals surface area contributed by atoms with Crippen LogP contribution in [0.15, 0.2) is 42.5 Å². The number of halogens is 2. The first-order valence-electron chi connectivity index (χ1n) is 6.92. The summed E-state index contributed by atoms with van der Waals surface area (Å²) in [4.78, 5) is 1.98. The Balaban J connectivity index is 2.20. The van der Waals surface area contributed by atoms with Crippen LogP contribution in [0.2, 0.25) is 0 Å². The van der Waals surface area contributed by atoms with Crippen LogP contribution < -0.4 is 5.73 Å². The molecule has 0 bridgehead atoms. The maximum Gasteiger partial charge on any atom is 0.128 e. The first-order chi connectivity index (χ1) is 10.0. The van der Waals surface area contributed by atoms with E-state index in [1.807, 2.05) is 24.9 Å². The molecule has 2 nitrogen and oxygen atoms in total. The summed E-state index contributed by atoms with van der Waals surface area (Å²) in [6.45, 7) is 2.82. The molecule has 0 aromatic heterocycles. The van der Waals surface area contributed by atoms with E-state index in [0.29, 0.717) is 18.7 Å². The minimum Gasteiger partial charge on any atom is -0.329 e. The fraction of sp³-hybridized carbons (Fsp3) is 0.294. The molecule has 0 fully saturated rings. The summed E-state index contributed by atoms with van der Waals surface area (Å²) in [6.07, 6.45) is 0. The molecule has 2 aromatic rings. The molecule has 1 atom stereocenters. The Kier molecular flexibility index (Phi) is 5.04. The van der Waals surface area contributed by atoms with E-state index < -0.39 is 0 Å². The Bertz CT molecular complexity index is 596. The number of likely N-dealkylation sites (N-methyl/N-ethyl adjacent to an activating group) is 1. The number of aryl methyl sites for hydroxylation is 1. The molecule has 4 heteroatoms. The average molecular weight is 290 g/mol. The summed E-state index contributed by atoms with van der Waals surface area (Å²) >= 11 is 0. The highest BCUT2D eigenvalue weighted by Crippen LogP contribution is 2.24. The van der Waals surface area contributed by atoms with Gasteiger partial charge in [-0.2, -0.15) is 0 Å². The SMILES string of the molecule is Cc1ccc(F)c(C(CN)N(C)Cc2ccc(F)cc2)c1. The predicted octanol–water partition coefficient (Wildman–Crippen LogP) is 3.41. The molecular formula is C17H20F2N2. The van der Waals surface area contributed by atoms with Gasteiger partial charge in [-0.15, -0.1) is 0 Å². The summed E-state index contributed by atoms with van der Waals surface area (Å²) < 4.78 is 27.0. The third kappa shape index (κ3) is 3.86. The van der Waals surface area contributed by atoms with Crippen molar-refractivity contribution in [3.63, 3.8) is 0 Å². The maximum absolute atomic E-state index is 14.0. The minimum absolute atomic E-state index is 0.213. The number of hydrogen-bond donors (Lipinski definition) is 1. The Morgan fingerprint density at radius 3 is 2.38 bits per heavy atom. The molecule has 112 valence electrons. The number of rotatable bonds is 5. The van der Waals surface area contributed by atoms with Gasteiger partial charge in [-0.1, -0.05) is 29.8 Å². The third-order valence-electron chi connectivity index (χ3n) is 3.61. The van der Waals surface area contributed by atoms with Crippen molar-refractivity contribution in [1.29, 1.82) is 0 Å². The maximum atomic E-state index is 14.0. The highest BCUT2D eigenvalue weighted by atomic mass is 19.1. The lowest BCUT2D eigenvalue weighted by molar-refractivity contribution is 0.236. The fourth-order valence-corrected chi connectivity index (χ4v) is 2.45. The van der Waals surface area contributed by atoms with Crippen molar-refractivity contribution < 1.29 is 8.78 Å². The van der Waals surface area contributed by atoms with Gasteiger partial charge >= 0.3 is 0 Å². The third-order valence-corrected chi connectivity index (χ3v) is 3.61. The molecule has 0 aliphatic heterocycles. The molecular weight excluding hydrogens is 270 g/mol. The zero-order chi connectivity index (χ0) is 15.4. The van der Waals surface area contributed by atoms with Crippen LogP contribution in [0.1, 0.15) is 22.7 Å². The van der Waals surface area contributed by atoms with Crippen molar-refractivity contribution in [3.8, 4) is 0 Å². The van der Waals surface area contributed by atoms with Crippen molar-refractivity contribution in [1.82, 2.24) is 4.90 Å². The Labute approximate surface area is 124 Å². The van der Waals surface area contributed by atoms with Crippen LogP contribution in [0.3, 0.4) is 0 Å². The number of hydrogen-bond acceptors (Lipinski definition) is 2. The van der Waals surface area contributed by atoms with Gasteiger partial charge in [0.25, 0.3) is 0 Å². The van der Waals surface area contributed by atoms with Crippen LogP contribution in [0, 0.1) is 18.6 Å². The van der Waals surface area contributed by atoms with E-state index in [1.54, 1.807) is 18.2 Å². The van der Waals surface area contributed by atoms with Crippen molar-refractivity contribution >= 4 is 0 Å². The summed E-state index contributed by atoms with van der Waals surface area (Å²) in [5.74, 6) is -0.511. The van der Waals surface area contributed by atoms with Crippen LogP contribution in [0.4, 0.5) is 8.78 Å². The molecule has 0 aliphatic rings. The molecule has 0 amide bonds.